The molecule has 1 aliphatic heterocycles. The number of esters is 1. The first-order chi connectivity index (χ1) is 13.5. The summed E-state index contributed by atoms with van der Waals surface area (Å²) in [5.41, 5.74) is 1.69. The molecule has 0 saturated carbocycles. The zero-order valence-electron chi connectivity index (χ0n) is 15.4. The van der Waals surface area contributed by atoms with E-state index in [9.17, 15) is 9.59 Å². The third-order valence-electron chi connectivity index (χ3n) is 4.67. The van der Waals surface area contributed by atoms with Gasteiger partial charge in [0, 0.05) is 17.4 Å². The van der Waals surface area contributed by atoms with Crippen LogP contribution in [-0.2, 0) is 16.0 Å². The molecule has 1 aliphatic rings. The van der Waals surface area contributed by atoms with E-state index >= 15 is 0 Å². The molecule has 0 aliphatic carbocycles. The minimum absolute atomic E-state index is 0.317. The van der Waals surface area contributed by atoms with Crippen LogP contribution in [0.1, 0.15) is 22.8 Å². The number of carbonyl (C=O) groups is 2. The van der Waals surface area contributed by atoms with Crippen LogP contribution in [0, 0.1) is 0 Å². The summed E-state index contributed by atoms with van der Waals surface area (Å²) in [6, 6.07) is 14.7. The van der Waals surface area contributed by atoms with Crippen molar-refractivity contribution in [3.05, 3.63) is 65.0 Å². The minimum Gasteiger partial charge on any atom is -0.497 e. The number of thiazole rings is 1. The van der Waals surface area contributed by atoms with E-state index in [2.05, 4.69) is 10.3 Å². The molecule has 1 amide bonds. The molecule has 0 radical (unpaired) electrons. The minimum atomic E-state index is -1.28. The average Bonchev–Trinajstić information content (AvgIpc) is 3.16. The Hall–Kier alpha value is -3.19. The van der Waals surface area contributed by atoms with Crippen LogP contribution in [0.2, 0.25) is 0 Å². The molecule has 7 heteroatoms. The predicted octanol–water partition coefficient (Wildman–Crippen LogP) is 3.93. The van der Waals surface area contributed by atoms with Gasteiger partial charge in [0.2, 0.25) is 0 Å². The lowest BCUT2D eigenvalue weighted by molar-refractivity contribution is -0.134. The van der Waals surface area contributed by atoms with Crippen LogP contribution in [0.15, 0.2) is 53.9 Å². The van der Waals surface area contributed by atoms with Gasteiger partial charge in [-0.05, 0) is 42.8 Å². The SMILES string of the molecule is COc1ccc(-c2csc(NC(=O)[C@@]3(C)Cc4ccccc4C(=O)O3)n2)cc1. The number of benzene rings is 2. The lowest BCUT2D eigenvalue weighted by atomic mass is 9.89. The summed E-state index contributed by atoms with van der Waals surface area (Å²) in [7, 11) is 1.61. The van der Waals surface area contributed by atoms with E-state index in [-0.39, 0.29) is 0 Å². The van der Waals surface area contributed by atoms with Crippen molar-refractivity contribution in [1.82, 2.24) is 4.98 Å². The number of carbonyl (C=O) groups excluding carboxylic acids is 2. The summed E-state index contributed by atoms with van der Waals surface area (Å²) >= 11 is 1.32. The summed E-state index contributed by atoms with van der Waals surface area (Å²) < 4.78 is 10.6. The van der Waals surface area contributed by atoms with Crippen LogP contribution < -0.4 is 10.1 Å². The third kappa shape index (κ3) is 3.36. The monoisotopic (exact) mass is 394 g/mol. The second kappa shape index (κ2) is 7.09. The van der Waals surface area contributed by atoms with Gasteiger partial charge in [0.1, 0.15) is 5.75 Å². The number of anilines is 1. The summed E-state index contributed by atoms with van der Waals surface area (Å²) in [6.07, 6.45) is 0.317. The second-order valence-corrected chi connectivity index (χ2v) is 7.53. The topological polar surface area (TPSA) is 77.5 Å². The Kier molecular flexibility index (Phi) is 4.60. The highest BCUT2D eigenvalue weighted by molar-refractivity contribution is 7.14. The number of fused-ring (bicyclic) bond motifs is 1. The van der Waals surface area contributed by atoms with Crippen molar-refractivity contribution in [2.24, 2.45) is 0 Å². The third-order valence-corrected chi connectivity index (χ3v) is 5.43. The number of amides is 1. The molecular formula is C21H18N2O4S. The smallest absolute Gasteiger partial charge is 0.339 e. The normalized spacial score (nSPS) is 18.1. The van der Waals surface area contributed by atoms with E-state index in [1.165, 1.54) is 11.3 Å². The van der Waals surface area contributed by atoms with E-state index in [1.807, 2.05) is 41.8 Å². The first-order valence-electron chi connectivity index (χ1n) is 8.71. The van der Waals surface area contributed by atoms with Crippen LogP contribution in [0.3, 0.4) is 0 Å². The van der Waals surface area contributed by atoms with Gasteiger partial charge in [-0.1, -0.05) is 18.2 Å². The first kappa shape index (κ1) is 18.2. The summed E-state index contributed by atoms with van der Waals surface area (Å²) in [6.45, 7) is 1.62. The van der Waals surface area contributed by atoms with Crippen molar-refractivity contribution < 1.29 is 19.1 Å². The largest absolute Gasteiger partial charge is 0.497 e. The summed E-state index contributed by atoms with van der Waals surface area (Å²) in [5.74, 6) is -0.122. The molecule has 0 fully saturated rings. The summed E-state index contributed by atoms with van der Waals surface area (Å²) in [4.78, 5) is 29.6. The quantitative estimate of drug-likeness (QED) is 0.679. The standard InChI is InChI=1S/C21H18N2O4S/c1-21(11-14-5-3-4-6-16(14)18(24)27-21)19(25)23-20-22-17(12-28-20)13-7-9-15(26-2)10-8-13/h3-10,12H,11H2,1-2H3,(H,22,23,25)/t21-/m1/s1. The Morgan fingerprint density at radius 2 is 1.96 bits per heavy atom. The number of methoxy groups -OCH3 is 1. The van der Waals surface area contributed by atoms with Gasteiger partial charge in [0.05, 0.1) is 18.4 Å². The molecule has 4 rings (SSSR count). The fraction of sp³-hybridized carbons (Fsp3) is 0.190. The fourth-order valence-corrected chi connectivity index (χ4v) is 3.83. The maximum absolute atomic E-state index is 12.8. The molecule has 1 N–H and O–H groups in total. The number of nitrogens with one attached hydrogen (secondary N) is 1. The maximum atomic E-state index is 12.8. The van der Waals surface area contributed by atoms with Crippen LogP contribution in [0.4, 0.5) is 5.13 Å². The number of ether oxygens (including phenoxy) is 2. The zero-order chi connectivity index (χ0) is 19.7. The van der Waals surface area contributed by atoms with Crippen molar-refractivity contribution in [2.45, 2.75) is 18.9 Å². The average molecular weight is 394 g/mol. The molecule has 0 saturated heterocycles. The lowest BCUT2D eigenvalue weighted by Crippen LogP contribution is -2.48. The van der Waals surface area contributed by atoms with Crippen molar-refractivity contribution in [2.75, 3.05) is 12.4 Å². The molecule has 0 spiro atoms. The van der Waals surface area contributed by atoms with E-state index in [0.717, 1.165) is 22.6 Å². The van der Waals surface area contributed by atoms with E-state index in [4.69, 9.17) is 9.47 Å². The number of cyclic esters (lactones) is 1. The number of aromatic nitrogens is 1. The van der Waals surface area contributed by atoms with Gasteiger partial charge < -0.3 is 9.47 Å². The molecule has 2 heterocycles. The van der Waals surface area contributed by atoms with Crippen molar-refractivity contribution >= 4 is 28.3 Å². The molecule has 28 heavy (non-hydrogen) atoms. The van der Waals surface area contributed by atoms with Gasteiger partial charge in [-0.25, -0.2) is 9.78 Å². The predicted molar refractivity (Wildman–Crippen MR) is 107 cm³/mol. The van der Waals surface area contributed by atoms with Crippen molar-refractivity contribution in [1.29, 1.82) is 0 Å². The van der Waals surface area contributed by atoms with Crippen LogP contribution in [0.25, 0.3) is 11.3 Å². The number of nitrogens with zero attached hydrogens (tertiary/aromatic N) is 1. The summed E-state index contributed by atoms with van der Waals surface area (Å²) in [5, 5.41) is 5.10. The second-order valence-electron chi connectivity index (χ2n) is 6.67. The Balaban J connectivity index is 1.51. The molecule has 1 aromatic heterocycles. The van der Waals surface area contributed by atoms with Crippen LogP contribution in [-0.4, -0.2) is 29.6 Å². The number of rotatable bonds is 4. The van der Waals surface area contributed by atoms with Crippen molar-refractivity contribution in [3.63, 3.8) is 0 Å². The molecule has 0 bridgehead atoms. The highest BCUT2D eigenvalue weighted by Gasteiger charge is 2.42. The molecule has 0 unspecified atom stereocenters. The molecule has 3 aromatic rings. The van der Waals surface area contributed by atoms with Gasteiger partial charge in [-0.3, -0.25) is 10.1 Å². The van der Waals surface area contributed by atoms with Gasteiger partial charge in [-0.15, -0.1) is 11.3 Å². The molecular weight excluding hydrogens is 376 g/mol. The van der Waals surface area contributed by atoms with Gasteiger partial charge in [-0.2, -0.15) is 0 Å². The number of hydrogen-bond acceptors (Lipinski definition) is 6. The molecule has 1 atom stereocenters. The Morgan fingerprint density at radius 1 is 1.21 bits per heavy atom. The molecule has 2 aromatic carbocycles. The Labute approximate surface area is 166 Å². The number of hydrogen-bond donors (Lipinski definition) is 1. The fourth-order valence-electron chi connectivity index (χ4n) is 3.11. The van der Waals surface area contributed by atoms with E-state index in [0.29, 0.717) is 17.1 Å². The maximum Gasteiger partial charge on any atom is 0.339 e. The zero-order valence-corrected chi connectivity index (χ0v) is 16.2. The molecule has 142 valence electrons. The van der Waals surface area contributed by atoms with Crippen LogP contribution >= 0.6 is 11.3 Å². The van der Waals surface area contributed by atoms with Gasteiger partial charge in [0.25, 0.3) is 5.91 Å². The Morgan fingerprint density at radius 3 is 2.71 bits per heavy atom. The molecule has 6 nitrogen and oxygen atoms in total. The lowest BCUT2D eigenvalue weighted by Gasteiger charge is -2.32. The highest BCUT2D eigenvalue weighted by atomic mass is 32.1. The highest BCUT2D eigenvalue weighted by Crippen LogP contribution is 2.31. The van der Waals surface area contributed by atoms with E-state index in [1.54, 1.807) is 26.2 Å². The van der Waals surface area contributed by atoms with Crippen LogP contribution in [0.5, 0.6) is 5.75 Å². The Bertz CT molecular complexity index is 1040. The van der Waals surface area contributed by atoms with Crippen molar-refractivity contribution in [3.8, 4) is 17.0 Å². The first-order valence-corrected chi connectivity index (χ1v) is 9.59. The van der Waals surface area contributed by atoms with Gasteiger partial charge >= 0.3 is 5.97 Å². The van der Waals surface area contributed by atoms with Gasteiger partial charge in [0.15, 0.2) is 10.7 Å². The van der Waals surface area contributed by atoms with E-state index < -0.39 is 17.5 Å².